The average molecular weight is 452 g/mol. The van der Waals surface area contributed by atoms with Crippen LogP contribution in [0.2, 0.25) is 0 Å². The molecule has 100 valence electrons. The van der Waals surface area contributed by atoms with Gasteiger partial charge in [0.25, 0.3) is 0 Å². The zero-order valence-electron chi connectivity index (χ0n) is 9.51. The van der Waals surface area contributed by atoms with Gasteiger partial charge in [0.15, 0.2) is 6.23 Å². The molecule has 2 rings (SSSR count). The first-order valence-corrected chi connectivity index (χ1v) is 5.01. The van der Waals surface area contributed by atoms with Crippen molar-refractivity contribution >= 4 is 33.1 Å². The van der Waals surface area contributed by atoms with Gasteiger partial charge in [-0.05, 0) is 6.07 Å². The number of nitrogen functional groups attached to an aromatic ring is 1. The Hall–Kier alpha value is -0.558. The van der Waals surface area contributed by atoms with E-state index in [0.717, 1.165) is 4.57 Å². The third-order valence-corrected chi connectivity index (χ3v) is 2.64. The van der Waals surface area contributed by atoms with Crippen LogP contribution in [-0.2, 0) is 4.74 Å². The number of ether oxygens (including phenoxy) is 1. The summed E-state index contributed by atoms with van der Waals surface area (Å²) in [5.41, 5.74) is 4.63. The van der Waals surface area contributed by atoms with Crippen LogP contribution < -0.4 is 11.4 Å². The molecule has 1 aromatic rings. The monoisotopic (exact) mass is 453 g/mol. The molecule has 0 saturated carbocycles. The Morgan fingerprint density at radius 2 is 2.11 bits per heavy atom. The SMILES string of the molecule is Nc1ccn([C@@H]2O[C@H](CO)[C@@H](O)[C@H]2O)c(=O)n1.[PbH2]. The second-order valence-corrected chi connectivity index (χ2v) is 3.77. The van der Waals surface area contributed by atoms with Crippen LogP contribution in [0.25, 0.3) is 0 Å². The van der Waals surface area contributed by atoms with E-state index in [1.165, 1.54) is 12.3 Å². The van der Waals surface area contributed by atoms with Crippen molar-refractivity contribution in [2.24, 2.45) is 0 Å². The Morgan fingerprint density at radius 1 is 1.44 bits per heavy atom. The molecular weight excluding hydrogens is 437 g/mol. The predicted molar refractivity (Wildman–Crippen MR) is 64.5 cm³/mol. The molecule has 0 aliphatic carbocycles. The second-order valence-electron chi connectivity index (χ2n) is 3.77. The van der Waals surface area contributed by atoms with Crippen LogP contribution in [0.3, 0.4) is 0 Å². The molecule has 8 nitrogen and oxygen atoms in total. The van der Waals surface area contributed by atoms with Crippen molar-refractivity contribution in [1.82, 2.24) is 9.55 Å². The molecule has 0 amide bonds. The maximum atomic E-state index is 11.5. The Kier molecular flexibility index (Phi) is 5.22. The molecule has 5 N–H and O–H groups in total. The summed E-state index contributed by atoms with van der Waals surface area (Å²) in [6.07, 6.45) is -3.27. The minimum atomic E-state index is -1.31. The predicted octanol–water partition coefficient (Wildman–Crippen LogP) is -3.48. The van der Waals surface area contributed by atoms with Crippen LogP contribution >= 0.6 is 0 Å². The van der Waals surface area contributed by atoms with Crippen LogP contribution in [-0.4, -0.2) is 77.1 Å². The number of nitrogens with zero attached hydrogens (tertiary/aromatic N) is 2. The summed E-state index contributed by atoms with van der Waals surface area (Å²) in [5.74, 6) is 0.0537. The molecule has 0 bridgehead atoms. The van der Waals surface area contributed by atoms with Gasteiger partial charge in [-0.3, -0.25) is 4.57 Å². The molecule has 1 aromatic heterocycles. The Labute approximate surface area is 122 Å². The quantitative estimate of drug-likeness (QED) is 0.343. The summed E-state index contributed by atoms with van der Waals surface area (Å²) in [6, 6.07) is 1.37. The van der Waals surface area contributed by atoms with Crippen molar-refractivity contribution in [3.8, 4) is 0 Å². The van der Waals surface area contributed by atoms with Crippen molar-refractivity contribution < 1.29 is 20.1 Å². The van der Waals surface area contributed by atoms with Gasteiger partial charge in [0, 0.05) is 6.20 Å². The minimum absolute atomic E-state index is 0. The van der Waals surface area contributed by atoms with E-state index >= 15 is 0 Å². The van der Waals surface area contributed by atoms with E-state index in [9.17, 15) is 15.0 Å². The molecule has 2 radical (unpaired) electrons. The normalized spacial score (nSPS) is 31.1. The second kappa shape index (κ2) is 6.06. The van der Waals surface area contributed by atoms with E-state index in [2.05, 4.69) is 4.98 Å². The fourth-order valence-electron chi connectivity index (χ4n) is 1.73. The molecule has 9 heteroatoms. The van der Waals surface area contributed by atoms with Gasteiger partial charge < -0.3 is 25.8 Å². The molecular formula is C9H15N3O5Pb. The standard InChI is InChI=1S/C9H13N3O5.Pb.2H/c10-5-1-2-12(9(16)11-5)8-7(15)6(14)4(3-13)17-8;;;/h1-2,4,6-8,13-15H,3H2,(H2,10,11,16);;;/t4-,6-,7-,8-;;;/m1.../s1. The van der Waals surface area contributed by atoms with E-state index in [-0.39, 0.29) is 33.1 Å². The fourth-order valence-corrected chi connectivity index (χ4v) is 1.73. The number of hydrogen-bond donors (Lipinski definition) is 4. The zero-order chi connectivity index (χ0) is 12.6. The number of rotatable bonds is 2. The van der Waals surface area contributed by atoms with Crippen molar-refractivity contribution in [3.63, 3.8) is 0 Å². The van der Waals surface area contributed by atoms with Crippen molar-refractivity contribution in [3.05, 3.63) is 22.7 Å². The van der Waals surface area contributed by atoms with Gasteiger partial charge in [0.05, 0.1) is 6.61 Å². The molecule has 0 unspecified atom stereocenters. The van der Waals surface area contributed by atoms with Gasteiger partial charge in [-0.25, -0.2) is 4.79 Å². The first kappa shape index (κ1) is 15.5. The third kappa shape index (κ3) is 2.72. The van der Waals surface area contributed by atoms with Gasteiger partial charge in [0.2, 0.25) is 0 Å². The Morgan fingerprint density at radius 3 is 2.61 bits per heavy atom. The number of aliphatic hydroxyl groups excluding tert-OH is 3. The van der Waals surface area contributed by atoms with E-state index in [4.69, 9.17) is 15.6 Å². The zero-order valence-corrected chi connectivity index (χ0v) is 15.0. The topological polar surface area (TPSA) is 131 Å². The summed E-state index contributed by atoms with van der Waals surface area (Å²) in [6.45, 7) is -0.453. The molecule has 0 aromatic carbocycles. The van der Waals surface area contributed by atoms with E-state index < -0.39 is 36.8 Å². The molecule has 2 heterocycles. The molecule has 0 spiro atoms. The summed E-state index contributed by atoms with van der Waals surface area (Å²) in [5, 5.41) is 28.2. The summed E-state index contributed by atoms with van der Waals surface area (Å²) in [7, 11) is 0. The summed E-state index contributed by atoms with van der Waals surface area (Å²) < 4.78 is 6.19. The number of nitrogens with two attached hydrogens (primary N) is 1. The van der Waals surface area contributed by atoms with Crippen molar-refractivity contribution in [1.29, 1.82) is 0 Å². The molecule has 18 heavy (non-hydrogen) atoms. The molecule has 1 fully saturated rings. The molecule has 1 aliphatic heterocycles. The van der Waals surface area contributed by atoms with Crippen LogP contribution in [0.15, 0.2) is 17.1 Å². The van der Waals surface area contributed by atoms with Crippen molar-refractivity contribution in [2.75, 3.05) is 12.3 Å². The summed E-state index contributed by atoms with van der Waals surface area (Å²) in [4.78, 5) is 15.0. The number of aliphatic hydroxyl groups is 3. The van der Waals surface area contributed by atoms with Gasteiger partial charge in [0.1, 0.15) is 24.1 Å². The summed E-state index contributed by atoms with van der Waals surface area (Å²) >= 11 is 0. The molecule has 1 saturated heterocycles. The molecule has 4 atom stereocenters. The Bertz CT molecular complexity index is 468. The van der Waals surface area contributed by atoms with Crippen LogP contribution in [0, 0.1) is 0 Å². The number of aromatic nitrogens is 2. The van der Waals surface area contributed by atoms with Gasteiger partial charge >= 0.3 is 33.0 Å². The van der Waals surface area contributed by atoms with Gasteiger partial charge in [-0.1, -0.05) is 0 Å². The number of anilines is 1. The van der Waals surface area contributed by atoms with Crippen LogP contribution in [0.1, 0.15) is 6.23 Å². The van der Waals surface area contributed by atoms with E-state index in [0.29, 0.717) is 0 Å². The van der Waals surface area contributed by atoms with Crippen molar-refractivity contribution in [2.45, 2.75) is 24.5 Å². The fraction of sp³-hybridized carbons (Fsp3) is 0.556. The van der Waals surface area contributed by atoms with Gasteiger partial charge in [-0.2, -0.15) is 4.98 Å². The van der Waals surface area contributed by atoms with Gasteiger partial charge in [-0.15, -0.1) is 0 Å². The molecule has 1 aliphatic rings. The Balaban J connectivity index is 0.00000162. The van der Waals surface area contributed by atoms with Crippen LogP contribution in [0.4, 0.5) is 5.82 Å². The van der Waals surface area contributed by atoms with E-state index in [1.54, 1.807) is 0 Å². The van der Waals surface area contributed by atoms with Crippen LogP contribution in [0.5, 0.6) is 0 Å². The maximum absolute atomic E-state index is 11.5. The van der Waals surface area contributed by atoms with E-state index in [1.807, 2.05) is 0 Å². The first-order chi connectivity index (χ1) is 8.04. The average Bonchev–Trinajstić information content (AvgIpc) is 2.57. The third-order valence-electron chi connectivity index (χ3n) is 2.64. The first-order valence-electron chi connectivity index (χ1n) is 5.01. The number of hydrogen-bond acceptors (Lipinski definition) is 7.